The molecule has 3 rings (SSSR count). The Hall–Kier alpha value is -1.53. The van der Waals surface area contributed by atoms with Crippen LogP contribution in [0.15, 0.2) is 24.3 Å². The van der Waals surface area contributed by atoms with Gasteiger partial charge in [0.15, 0.2) is 0 Å². The number of ether oxygens (including phenoxy) is 1. The van der Waals surface area contributed by atoms with Crippen LogP contribution in [0.4, 0.5) is 0 Å². The molecule has 23 heavy (non-hydrogen) atoms. The standard InChI is InChI=1S/C17H24BNO4/c1-12(20)19-10-15(11-19)21-14-8-6-13(7-9-14)18-22-16(2,3)17(4,5)23-18/h6-9,15H,10-11H2,1-5H3. The summed E-state index contributed by atoms with van der Waals surface area (Å²) in [5.74, 6) is 0.902. The van der Waals surface area contributed by atoms with Crippen molar-refractivity contribution in [3.63, 3.8) is 0 Å². The minimum atomic E-state index is -0.356. The van der Waals surface area contributed by atoms with Crippen molar-refractivity contribution in [2.75, 3.05) is 13.1 Å². The summed E-state index contributed by atoms with van der Waals surface area (Å²) in [5.41, 5.74) is 0.305. The van der Waals surface area contributed by atoms with Gasteiger partial charge >= 0.3 is 7.12 Å². The number of amides is 1. The number of likely N-dealkylation sites (tertiary alicyclic amines) is 1. The van der Waals surface area contributed by atoms with Crippen LogP contribution in [0, 0.1) is 0 Å². The van der Waals surface area contributed by atoms with E-state index in [0.717, 1.165) is 11.2 Å². The van der Waals surface area contributed by atoms with E-state index in [1.54, 1.807) is 11.8 Å². The van der Waals surface area contributed by atoms with Crippen molar-refractivity contribution in [1.29, 1.82) is 0 Å². The van der Waals surface area contributed by atoms with Gasteiger partial charge in [-0.25, -0.2) is 0 Å². The summed E-state index contributed by atoms with van der Waals surface area (Å²) in [6.07, 6.45) is 0.0848. The normalized spacial score (nSPS) is 22.8. The quantitative estimate of drug-likeness (QED) is 0.795. The Morgan fingerprint density at radius 1 is 1.13 bits per heavy atom. The third-order valence-corrected chi connectivity index (χ3v) is 5.00. The maximum absolute atomic E-state index is 11.2. The molecule has 0 bridgehead atoms. The Bertz CT molecular complexity index is 577. The molecule has 2 aliphatic heterocycles. The summed E-state index contributed by atoms with van der Waals surface area (Å²) >= 11 is 0. The molecule has 0 atom stereocenters. The zero-order valence-corrected chi connectivity index (χ0v) is 14.5. The molecule has 1 aromatic carbocycles. The zero-order chi connectivity index (χ0) is 16.8. The van der Waals surface area contributed by atoms with Gasteiger partial charge in [0, 0.05) is 6.92 Å². The van der Waals surface area contributed by atoms with E-state index >= 15 is 0 Å². The topological polar surface area (TPSA) is 48.0 Å². The molecule has 124 valence electrons. The molecule has 1 aromatic rings. The first-order valence-electron chi connectivity index (χ1n) is 8.06. The Kier molecular flexibility index (Phi) is 3.93. The molecule has 0 unspecified atom stereocenters. The third kappa shape index (κ3) is 3.10. The van der Waals surface area contributed by atoms with Crippen LogP contribution in [0.25, 0.3) is 0 Å². The molecular formula is C17H24BNO4. The van der Waals surface area contributed by atoms with Crippen molar-refractivity contribution in [2.45, 2.75) is 51.9 Å². The zero-order valence-electron chi connectivity index (χ0n) is 14.5. The molecule has 2 saturated heterocycles. The Balaban J connectivity index is 1.59. The van der Waals surface area contributed by atoms with E-state index < -0.39 is 0 Å². The second-order valence-electron chi connectivity index (χ2n) is 7.32. The van der Waals surface area contributed by atoms with Gasteiger partial charge in [-0.2, -0.15) is 0 Å². The minimum Gasteiger partial charge on any atom is -0.487 e. The lowest BCUT2D eigenvalue weighted by molar-refractivity contribution is -0.137. The summed E-state index contributed by atoms with van der Waals surface area (Å²) in [6, 6.07) is 7.80. The molecule has 0 aliphatic carbocycles. The van der Waals surface area contributed by atoms with Crippen molar-refractivity contribution in [3.8, 4) is 5.75 Å². The van der Waals surface area contributed by atoms with Crippen LogP contribution >= 0.6 is 0 Å². The van der Waals surface area contributed by atoms with Gasteiger partial charge in [0.25, 0.3) is 0 Å². The molecule has 6 heteroatoms. The van der Waals surface area contributed by atoms with E-state index in [2.05, 4.69) is 0 Å². The molecule has 1 amide bonds. The average Bonchev–Trinajstić information content (AvgIpc) is 2.62. The molecule has 2 aliphatic rings. The second-order valence-corrected chi connectivity index (χ2v) is 7.32. The van der Waals surface area contributed by atoms with Gasteiger partial charge in [-0.15, -0.1) is 0 Å². The number of carbonyl (C=O) groups excluding carboxylic acids is 1. The number of hydrogen-bond donors (Lipinski definition) is 0. The first kappa shape index (κ1) is 16.3. The predicted molar refractivity (Wildman–Crippen MR) is 88.8 cm³/mol. The predicted octanol–water partition coefficient (Wildman–Crippen LogP) is 1.60. The Labute approximate surface area is 138 Å². The molecule has 0 saturated carbocycles. The molecule has 2 fully saturated rings. The highest BCUT2D eigenvalue weighted by molar-refractivity contribution is 6.62. The summed E-state index contributed by atoms with van der Waals surface area (Å²) in [5, 5.41) is 0. The summed E-state index contributed by atoms with van der Waals surface area (Å²) < 4.78 is 17.9. The first-order chi connectivity index (χ1) is 10.7. The van der Waals surface area contributed by atoms with E-state index in [9.17, 15) is 4.79 Å². The maximum atomic E-state index is 11.2. The largest absolute Gasteiger partial charge is 0.494 e. The van der Waals surface area contributed by atoms with Crippen LogP contribution in [-0.2, 0) is 14.1 Å². The smallest absolute Gasteiger partial charge is 0.487 e. The maximum Gasteiger partial charge on any atom is 0.494 e. The fraction of sp³-hybridized carbons (Fsp3) is 0.588. The number of hydrogen-bond acceptors (Lipinski definition) is 4. The number of nitrogens with zero attached hydrogens (tertiary/aromatic N) is 1. The van der Waals surface area contributed by atoms with Crippen LogP contribution in [0.1, 0.15) is 34.6 Å². The lowest BCUT2D eigenvalue weighted by atomic mass is 9.79. The summed E-state index contributed by atoms with van der Waals surface area (Å²) in [7, 11) is -0.356. The fourth-order valence-electron chi connectivity index (χ4n) is 2.64. The highest BCUT2D eigenvalue weighted by Gasteiger charge is 2.51. The van der Waals surface area contributed by atoms with E-state index in [1.165, 1.54) is 0 Å². The summed E-state index contributed by atoms with van der Waals surface area (Å²) in [4.78, 5) is 12.9. The monoisotopic (exact) mass is 317 g/mol. The van der Waals surface area contributed by atoms with E-state index in [0.29, 0.717) is 13.1 Å². The van der Waals surface area contributed by atoms with Crippen molar-refractivity contribution in [2.24, 2.45) is 0 Å². The van der Waals surface area contributed by atoms with Crippen molar-refractivity contribution in [1.82, 2.24) is 4.90 Å². The second kappa shape index (κ2) is 5.53. The lowest BCUT2D eigenvalue weighted by Crippen LogP contribution is -2.55. The minimum absolute atomic E-state index is 0.0848. The van der Waals surface area contributed by atoms with E-state index in [4.69, 9.17) is 14.0 Å². The fourth-order valence-corrected chi connectivity index (χ4v) is 2.64. The van der Waals surface area contributed by atoms with Gasteiger partial charge in [0.05, 0.1) is 24.3 Å². The Morgan fingerprint density at radius 2 is 1.65 bits per heavy atom. The van der Waals surface area contributed by atoms with Crippen molar-refractivity contribution < 1.29 is 18.8 Å². The molecule has 0 aromatic heterocycles. The lowest BCUT2D eigenvalue weighted by Gasteiger charge is -2.38. The molecule has 0 radical (unpaired) electrons. The highest BCUT2D eigenvalue weighted by atomic mass is 16.7. The van der Waals surface area contributed by atoms with Gasteiger partial charge in [0.1, 0.15) is 11.9 Å². The number of carbonyl (C=O) groups is 1. The SMILES string of the molecule is CC(=O)N1CC(Oc2ccc(B3OC(C)(C)C(C)(C)O3)cc2)C1. The van der Waals surface area contributed by atoms with Gasteiger partial charge in [0.2, 0.25) is 5.91 Å². The van der Waals surface area contributed by atoms with E-state index in [1.807, 2.05) is 52.0 Å². The van der Waals surface area contributed by atoms with Gasteiger partial charge in [-0.05, 0) is 45.3 Å². The molecule has 5 nitrogen and oxygen atoms in total. The van der Waals surface area contributed by atoms with Crippen molar-refractivity contribution in [3.05, 3.63) is 24.3 Å². The van der Waals surface area contributed by atoms with Crippen LogP contribution in [0.3, 0.4) is 0 Å². The van der Waals surface area contributed by atoms with Crippen LogP contribution < -0.4 is 10.2 Å². The highest BCUT2D eigenvalue weighted by Crippen LogP contribution is 2.36. The van der Waals surface area contributed by atoms with Gasteiger partial charge in [-0.1, -0.05) is 12.1 Å². The van der Waals surface area contributed by atoms with Crippen molar-refractivity contribution >= 4 is 18.5 Å². The molecule has 0 spiro atoms. The van der Waals surface area contributed by atoms with Gasteiger partial charge < -0.3 is 18.9 Å². The Morgan fingerprint density at radius 3 is 2.13 bits per heavy atom. The van der Waals surface area contributed by atoms with Crippen LogP contribution in [-0.4, -0.2) is 48.3 Å². The molecule has 0 N–H and O–H groups in total. The first-order valence-corrected chi connectivity index (χ1v) is 8.06. The molecular weight excluding hydrogens is 293 g/mol. The van der Waals surface area contributed by atoms with Crippen LogP contribution in [0.5, 0.6) is 5.75 Å². The van der Waals surface area contributed by atoms with E-state index in [-0.39, 0.29) is 30.3 Å². The van der Waals surface area contributed by atoms with Gasteiger partial charge in [-0.3, -0.25) is 4.79 Å². The third-order valence-electron chi connectivity index (χ3n) is 5.00. The van der Waals surface area contributed by atoms with Crippen LogP contribution in [0.2, 0.25) is 0 Å². The average molecular weight is 317 g/mol. The number of rotatable bonds is 3. The summed E-state index contributed by atoms with van der Waals surface area (Å²) in [6.45, 7) is 11.1. The number of benzene rings is 1. The molecule has 2 heterocycles.